The summed E-state index contributed by atoms with van der Waals surface area (Å²) in [5, 5.41) is 6.22. The van der Waals surface area contributed by atoms with Crippen molar-refractivity contribution < 1.29 is 0 Å². The molecule has 0 saturated heterocycles. The molecular weight excluding hydrogens is 400 g/mol. The minimum atomic E-state index is 0.690. The average molecular weight is 445 g/mol. The van der Waals surface area contributed by atoms with E-state index in [-0.39, 0.29) is 0 Å². The van der Waals surface area contributed by atoms with Crippen LogP contribution >= 0.6 is 49.7 Å². The van der Waals surface area contributed by atoms with E-state index in [9.17, 15) is 0 Å². The van der Waals surface area contributed by atoms with Gasteiger partial charge in [0.15, 0.2) is 0 Å². The van der Waals surface area contributed by atoms with E-state index in [0.717, 1.165) is 52.4 Å². The summed E-state index contributed by atoms with van der Waals surface area (Å²) in [5.74, 6) is 0. The number of nitrogens with one attached hydrogen (secondary N) is 2. The summed E-state index contributed by atoms with van der Waals surface area (Å²) in [5.41, 5.74) is 0. The summed E-state index contributed by atoms with van der Waals surface area (Å²) in [6.45, 7) is 24.9. The van der Waals surface area contributed by atoms with E-state index in [0.29, 0.717) is 8.64 Å². The zero-order valence-corrected chi connectivity index (χ0v) is 21.7. The van der Waals surface area contributed by atoms with Crippen LogP contribution in [0.5, 0.6) is 0 Å². The SMILES string of the molecule is CCN(CC)C(=S)S.CCN(CC)C(=S)S.CCNCC.CCNCC. The smallest absolute Gasteiger partial charge is 0.133 e. The quantitative estimate of drug-likeness (QED) is 0.329. The highest BCUT2D eigenvalue weighted by Crippen LogP contribution is 1.94. The van der Waals surface area contributed by atoms with Crippen molar-refractivity contribution in [2.24, 2.45) is 0 Å². The van der Waals surface area contributed by atoms with Crippen molar-refractivity contribution in [3.05, 3.63) is 0 Å². The van der Waals surface area contributed by atoms with Gasteiger partial charge in [-0.05, 0) is 53.9 Å². The normalized spacial score (nSPS) is 8.69. The highest BCUT2D eigenvalue weighted by atomic mass is 32.1. The van der Waals surface area contributed by atoms with Crippen LogP contribution < -0.4 is 10.6 Å². The molecule has 0 aromatic heterocycles. The van der Waals surface area contributed by atoms with Gasteiger partial charge in [-0.25, -0.2) is 0 Å². The molecule has 160 valence electrons. The van der Waals surface area contributed by atoms with Crippen LogP contribution in [-0.4, -0.2) is 70.8 Å². The van der Waals surface area contributed by atoms with E-state index in [2.05, 4.69) is 91.3 Å². The van der Waals surface area contributed by atoms with E-state index >= 15 is 0 Å². The lowest BCUT2D eigenvalue weighted by molar-refractivity contribution is 0.482. The molecule has 0 bridgehead atoms. The Morgan fingerprint density at radius 3 is 0.769 bits per heavy atom. The standard InChI is InChI=1S/2C5H11NS2.2C4H11N/c2*1-3-6(4-2)5(7)8;2*1-3-5-4-2/h2*3-4H2,1-2H3,(H,7,8);2*5H,3-4H2,1-2H3. The van der Waals surface area contributed by atoms with E-state index in [1.54, 1.807) is 0 Å². The molecule has 0 spiro atoms. The number of thiocarbonyl (C=S) groups is 2. The highest BCUT2D eigenvalue weighted by Gasteiger charge is 1.96. The van der Waals surface area contributed by atoms with Gasteiger partial charge in [0.2, 0.25) is 0 Å². The van der Waals surface area contributed by atoms with Crippen LogP contribution in [0, 0.1) is 0 Å². The second-order valence-electron chi connectivity index (χ2n) is 4.82. The summed E-state index contributed by atoms with van der Waals surface area (Å²) >= 11 is 17.6. The van der Waals surface area contributed by atoms with Gasteiger partial charge in [-0.2, -0.15) is 0 Å². The number of rotatable bonds is 8. The van der Waals surface area contributed by atoms with Gasteiger partial charge in [0, 0.05) is 26.2 Å². The second-order valence-corrected chi connectivity index (χ2v) is 7.05. The number of hydrogen-bond acceptors (Lipinski definition) is 4. The Morgan fingerprint density at radius 1 is 0.577 bits per heavy atom. The van der Waals surface area contributed by atoms with Crippen LogP contribution in [0.2, 0.25) is 0 Å². The molecule has 0 heterocycles. The molecule has 0 unspecified atom stereocenters. The third-order valence-electron chi connectivity index (χ3n) is 3.07. The van der Waals surface area contributed by atoms with Crippen LogP contribution in [0.4, 0.5) is 0 Å². The highest BCUT2D eigenvalue weighted by molar-refractivity contribution is 8.11. The summed E-state index contributed by atoms with van der Waals surface area (Å²) in [7, 11) is 0. The third kappa shape index (κ3) is 32.1. The van der Waals surface area contributed by atoms with E-state index < -0.39 is 0 Å². The molecule has 4 nitrogen and oxygen atoms in total. The summed E-state index contributed by atoms with van der Waals surface area (Å²) in [4.78, 5) is 4.02. The van der Waals surface area contributed by atoms with Crippen molar-refractivity contribution >= 4 is 58.3 Å². The molecule has 0 aliphatic heterocycles. The van der Waals surface area contributed by atoms with Gasteiger partial charge >= 0.3 is 0 Å². The van der Waals surface area contributed by atoms with Crippen molar-refractivity contribution in [1.29, 1.82) is 0 Å². The molecule has 26 heavy (non-hydrogen) atoms. The number of nitrogens with zero attached hydrogens (tertiary/aromatic N) is 2. The molecular formula is C18H44N4S4. The van der Waals surface area contributed by atoms with Crippen molar-refractivity contribution in [2.75, 3.05) is 52.4 Å². The molecule has 0 atom stereocenters. The molecule has 0 fully saturated rings. The second kappa shape index (κ2) is 30.1. The maximum absolute atomic E-state index is 4.81. The van der Waals surface area contributed by atoms with Crippen molar-refractivity contribution in [3.63, 3.8) is 0 Å². The predicted molar refractivity (Wildman–Crippen MR) is 137 cm³/mol. The molecule has 0 aliphatic rings. The first-order valence-electron chi connectivity index (χ1n) is 9.64. The summed E-state index contributed by atoms with van der Waals surface area (Å²) in [6, 6.07) is 0. The molecule has 8 heteroatoms. The number of thiol groups is 2. The minimum absolute atomic E-state index is 0.690. The lowest BCUT2D eigenvalue weighted by Gasteiger charge is -2.16. The first-order chi connectivity index (χ1) is 12.3. The molecule has 0 aliphatic carbocycles. The van der Waals surface area contributed by atoms with Gasteiger partial charge in [0.05, 0.1) is 0 Å². The number of hydrogen-bond donors (Lipinski definition) is 4. The lowest BCUT2D eigenvalue weighted by atomic mass is 10.6. The average Bonchev–Trinajstić information content (AvgIpc) is 2.59. The predicted octanol–water partition coefficient (Wildman–Crippen LogP) is 4.32. The Bertz CT molecular complexity index is 252. The maximum Gasteiger partial charge on any atom is 0.133 e. The fourth-order valence-electron chi connectivity index (χ4n) is 1.49. The van der Waals surface area contributed by atoms with Crippen LogP contribution in [0.25, 0.3) is 0 Å². The van der Waals surface area contributed by atoms with Gasteiger partial charge in [0.1, 0.15) is 8.64 Å². The Kier molecular flexibility index (Phi) is 39.3. The largest absolute Gasteiger partial charge is 0.358 e. The molecule has 0 rings (SSSR count). The fourth-order valence-corrected chi connectivity index (χ4v) is 2.57. The van der Waals surface area contributed by atoms with Crippen molar-refractivity contribution in [2.45, 2.75) is 55.4 Å². The molecule has 2 N–H and O–H groups in total. The molecule has 0 aromatic carbocycles. The molecule has 0 amide bonds. The van der Waals surface area contributed by atoms with Crippen LogP contribution in [0.15, 0.2) is 0 Å². The van der Waals surface area contributed by atoms with Crippen molar-refractivity contribution in [1.82, 2.24) is 20.4 Å². The summed E-state index contributed by atoms with van der Waals surface area (Å²) < 4.78 is 1.38. The van der Waals surface area contributed by atoms with E-state index in [1.807, 2.05) is 9.80 Å². The van der Waals surface area contributed by atoms with Gasteiger partial charge in [-0.1, -0.05) is 52.1 Å². The van der Waals surface area contributed by atoms with Crippen LogP contribution in [-0.2, 0) is 0 Å². The Hall–Kier alpha value is 0.400. The zero-order valence-electron chi connectivity index (χ0n) is 18.3. The first kappa shape index (κ1) is 33.9. The zero-order chi connectivity index (χ0) is 21.4. The Morgan fingerprint density at radius 2 is 0.769 bits per heavy atom. The Labute approximate surface area is 186 Å². The van der Waals surface area contributed by atoms with Gasteiger partial charge < -0.3 is 20.4 Å². The lowest BCUT2D eigenvalue weighted by Crippen LogP contribution is -2.24. The molecule has 0 aromatic rings. The van der Waals surface area contributed by atoms with Crippen LogP contribution in [0.1, 0.15) is 55.4 Å². The molecule has 0 saturated carbocycles. The maximum atomic E-state index is 4.81. The van der Waals surface area contributed by atoms with Gasteiger partial charge in [-0.3, -0.25) is 0 Å². The van der Waals surface area contributed by atoms with Crippen LogP contribution in [0.3, 0.4) is 0 Å². The Balaban J connectivity index is -0.000000127. The summed E-state index contributed by atoms with van der Waals surface area (Å²) in [6.07, 6.45) is 0. The van der Waals surface area contributed by atoms with E-state index in [4.69, 9.17) is 24.4 Å². The van der Waals surface area contributed by atoms with Gasteiger partial charge in [-0.15, -0.1) is 25.3 Å². The van der Waals surface area contributed by atoms with Crippen molar-refractivity contribution in [3.8, 4) is 0 Å². The minimum Gasteiger partial charge on any atom is -0.358 e. The first-order valence-corrected chi connectivity index (χ1v) is 11.3. The van der Waals surface area contributed by atoms with E-state index in [1.165, 1.54) is 0 Å². The van der Waals surface area contributed by atoms with Gasteiger partial charge in [0.25, 0.3) is 0 Å². The third-order valence-corrected chi connectivity index (χ3v) is 4.15. The molecule has 0 radical (unpaired) electrons. The fraction of sp³-hybridized carbons (Fsp3) is 0.889. The topological polar surface area (TPSA) is 30.5 Å². The monoisotopic (exact) mass is 444 g/mol.